The summed E-state index contributed by atoms with van der Waals surface area (Å²) < 4.78 is 3.73. The van der Waals surface area contributed by atoms with Gasteiger partial charge in [0.15, 0.2) is 23.1 Å². The normalized spacial score (nSPS) is 13.6. The minimum Gasteiger partial charge on any atom is -0.359 e. The number of hydrogen-bond acceptors (Lipinski definition) is 24. The maximum Gasteiger partial charge on any atom is 0.224 e. The fourth-order valence-corrected chi connectivity index (χ4v) is 19.4. The molecule has 0 aliphatic rings. The number of rotatable bonds is 51. The monoisotopic (exact) mass is 1950 g/mol. The Hall–Kier alpha value is -10.4. The highest BCUT2D eigenvalue weighted by Crippen LogP contribution is 2.34. The molecule has 4 aromatic carbocycles. The van der Waals surface area contributed by atoms with Crippen molar-refractivity contribution in [2.24, 2.45) is 47.3 Å². The molecule has 8 aromatic rings. The highest BCUT2D eigenvalue weighted by molar-refractivity contribution is 7.19. The Morgan fingerprint density at radius 1 is 0.371 bits per heavy atom. The predicted octanol–water partition coefficient (Wildman–Crippen LogP) is 20.5. The molecule has 8 rings (SSSR count). The highest BCUT2D eigenvalue weighted by Gasteiger charge is 2.34. The zero-order chi connectivity index (χ0) is 98.2. The van der Waals surface area contributed by atoms with Crippen LogP contribution < -0.4 is 26.6 Å². The van der Waals surface area contributed by atoms with Crippen molar-refractivity contribution in [3.63, 3.8) is 0 Å². The number of halogens is 4. The van der Waals surface area contributed by atoms with Gasteiger partial charge in [-0.15, -0.1) is 45.3 Å². The number of benzene rings is 4. The van der Waals surface area contributed by atoms with Crippen LogP contribution in [0.25, 0.3) is 40.9 Å². The topological polar surface area (TPSA) is 412 Å². The Morgan fingerprint density at radius 2 is 0.614 bits per heavy atom. The molecule has 0 saturated heterocycles. The van der Waals surface area contributed by atoms with Crippen molar-refractivity contribution < 1.29 is 57.5 Å². The third kappa shape index (κ3) is 37.2. The molecule has 0 aliphatic carbocycles. The number of nitrogens with zero attached hydrogens (tertiary/aromatic N) is 8. The number of nitrogens with one attached hydrogen (secondary N) is 5. The highest BCUT2D eigenvalue weighted by atomic mass is 35.5. The van der Waals surface area contributed by atoms with E-state index in [4.69, 9.17) is 67.5 Å². The van der Waals surface area contributed by atoms with E-state index >= 15 is 0 Å². The number of ketones is 7. The molecule has 0 saturated carbocycles. The standard InChI is InChI=1S/C26H32ClN3O3S.C25H30ClN3O3S.C24H29ClN4O3S.C24H28ClN3O3S/c1-5-7-20(31)12-18(13-25-29-22-9-8-19(27)14-24(22)34-25)26(33)30-21(16(3)6-2)10-11-23(32)17(4)15-28;1-5-15(3)20(9-10-22(31)16(4)14-27)29-25(32)17(11-19(30)6-2)12-24-28-21-8-7-18(26)13-23(21)33-24;1-5-14(2)18(8-9-20(30)15(3)13-26)29-24(32)16(10-22(31)27-4)11-23-28-19-7-6-17(25)12-21(19)33-23;1-5-14(2)19(8-9-21(30)15(3)13-26)28-24(31)17(10-16(4)29)11-23-27-20-7-6-18(25)12-22(20)32-23/h8-9,14,16,18,21H,4-7,10-13H2,1-3H3,(H,30,33);7-8,13,15,17,20H,4-6,9-12H2,1-3H3,(H,29,32);6-7,12,14,16,18H,3,5,8-11H2,1-2,4H3,(H,27,31)(H,29,32);6-7,12,14,17,19H,3,5,8-11H2,1-2,4H3,(H,28,31)/t16-,18-,21+;15-,17-,20+;14-,16-,18+;14-,17-,19+/m0000/s1. The maximum absolute atomic E-state index is 13.4. The molecule has 0 fully saturated rings. The second-order valence-electron chi connectivity index (χ2n) is 33.1. The van der Waals surface area contributed by atoms with E-state index in [1.54, 1.807) is 55.5 Å². The SMILES string of the molecule is C=C(C#N)C(=O)CC[C@@H](NC(=O)[C@@H](CC(=O)CC)Cc1nc2ccc(Cl)cc2s1)[C@@H](C)CC.C=C(C#N)C(=O)CC[C@@H](NC(=O)[C@@H](CC(=O)CCC)Cc1nc2ccc(Cl)cc2s1)[C@@H](C)CC.C=C(C#N)C(=O)CC[C@@H](NC(=O)[C@@H](CC(=O)NC)Cc1nc2ccc(Cl)cc2s1)[C@@H](C)CC.C=C(C#N)C(=O)CC[C@@H](NC(=O)[C@@H](CC(C)=O)Cc1nc2ccc(Cl)cc2s1)[C@@H](C)CC. The molecule has 704 valence electrons. The molecule has 12 atom stereocenters. The lowest BCUT2D eigenvalue weighted by molar-refractivity contribution is -0.131. The van der Waals surface area contributed by atoms with E-state index < -0.39 is 23.7 Å². The number of fused-ring (bicyclic) bond motifs is 4. The lowest BCUT2D eigenvalue weighted by Gasteiger charge is -2.26. The van der Waals surface area contributed by atoms with E-state index in [0.717, 1.165) is 93.0 Å². The zero-order valence-electron chi connectivity index (χ0n) is 77.1. The third-order valence-corrected chi connectivity index (χ3v) is 28.2. The lowest BCUT2D eigenvalue weighted by atomic mass is 9.91. The first-order chi connectivity index (χ1) is 62.7. The lowest BCUT2D eigenvalue weighted by Crippen LogP contribution is -2.44. The molecule has 0 aliphatic heterocycles. The van der Waals surface area contributed by atoms with Gasteiger partial charge >= 0.3 is 0 Å². The molecule has 0 bridgehead atoms. The van der Waals surface area contributed by atoms with Gasteiger partial charge in [0.25, 0.3) is 0 Å². The van der Waals surface area contributed by atoms with E-state index in [1.807, 2.05) is 111 Å². The number of thiazole rings is 4. The van der Waals surface area contributed by atoms with Gasteiger partial charge in [-0.25, -0.2) is 19.9 Å². The molecule has 25 nitrogen and oxygen atoms in total. The van der Waals surface area contributed by atoms with Crippen LogP contribution in [0.1, 0.15) is 218 Å². The van der Waals surface area contributed by atoms with Crippen LogP contribution in [0.3, 0.4) is 0 Å². The Balaban J connectivity index is 0.000000311. The van der Waals surface area contributed by atoms with Crippen LogP contribution >= 0.6 is 91.8 Å². The first-order valence-corrected chi connectivity index (χ1v) is 49.1. The van der Waals surface area contributed by atoms with Crippen LogP contribution in [-0.4, -0.2) is 121 Å². The van der Waals surface area contributed by atoms with Crippen LogP contribution in [0.15, 0.2) is 121 Å². The first kappa shape index (κ1) is 112. The molecule has 5 N–H and O–H groups in total. The van der Waals surface area contributed by atoms with Gasteiger partial charge in [0.2, 0.25) is 29.5 Å². The number of nitriles is 4. The maximum atomic E-state index is 13.4. The summed E-state index contributed by atoms with van der Waals surface area (Å²) in [6.07, 6.45) is 8.72. The molecule has 4 aromatic heterocycles. The molecular formula is C99H119Cl4N13O12S4. The van der Waals surface area contributed by atoms with Crippen molar-refractivity contribution in [3.05, 3.63) is 162 Å². The Morgan fingerprint density at radius 3 is 0.833 bits per heavy atom. The summed E-state index contributed by atoms with van der Waals surface area (Å²) in [5, 5.41) is 55.9. The quantitative estimate of drug-likeness (QED) is 0.0175. The number of Topliss-reactive ketones (excluding diaryl/α,β-unsaturated/α-hetero) is 7. The van der Waals surface area contributed by atoms with Crippen molar-refractivity contribution in [2.75, 3.05) is 7.05 Å². The third-order valence-electron chi connectivity index (χ3n) is 23.1. The van der Waals surface area contributed by atoms with Crippen LogP contribution in [0.2, 0.25) is 20.1 Å². The Kier molecular flexibility index (Phi) is 48.6. The van der Waals surface area contributed by atoms with Gasteiger partial charge in [-0.3, -0.25) is 52.7 Å². The van der Waals surface area contributed by atoms with Gasteiger partial charge in [-0.05, 0) is 135 Å². The fourth-order valence-electron chi connectivity index (χ4n) is 14.1. The van der Waals surface area contributed by atoms with Gasteiger partial charge in [0, 0.05) is 141 Å². The number of aromatic nitrogens is 4. The van der Waals surface area contributed by atoms with Gasteiger partial charge in [-0.1, -0.05) is 168 Å². The van der Waals surface area contributed by atoms with Crippen molar-refractivity contribution in [1.82, 2.24) is 46.5 Å². The summed E-state index contributed by atoms with van der Waals surface area (Å²) in [6.45, 7) is 35.2. The Bertz CT molecular complexity index is 5480. The van der Waals surface area contributed by atoms with Crippen LogP contribution in [-0.2, 0) is 83.2 Å². The second-order valence-corrected chi connectivity index (χ2v) is 39.3. The summed E-state index contributed by atoms with van der Waals surface area (Å²) in [7, 11) is 1.53. The smallest absolute Gasteiger partial charge is 0.224 e. The van der Waals surface area contributed by atoms with Gasteiger partial charge < -0.3 is 31.4 Å². The molecule has 0 radical (unpaired) electrons. The zero-order valence-corrected chi connectivity index (χ0v) is 83.4. The number of amides is 5. The van der Waals surface area contributed by atoms with E-state index in [-0.39, 0.29) is 192 Å². The molecule has 33 heteroatoms. The first-order valence-electron chi connectivity index (χ1n) is 44.3. The van der Waals surface area contributed by atoms with Crippen molar-refractivity contribution in [2.45, 2.75) is 248 Å². The molecule has 0 unspecified atom stereocenters. The minimum atomic E-state index is -0.614. The summed E-state index contributed by atoms with van der Waals surface area (Å²) >= 11 is 30.1. The van der Waals surface area contributed by atoms with Gasteiger partial charge in [0.05, 0.1) is 107 Å². The van der Waals surface area contributed by atoms with Gasteiger partial charge in [0.1, 0.15) is 41.6 Å². The predicted molar refractivity (Wildman–Crippen MR) is 527 cm³/mol. The van der Waals surface area contributed by atoms with Crippen LogP contribution in [0.4, 0.5) is 0 Å². The average Bonchev–Trinajstić information content (AvgIpc) is 1.70. The van der Waals surface area contributed by atoms with Gasteiger partial charge in [-0.2, -0.15) is 21.0 Å². The van der Waals surface area contributed by atoms with E-state index in [0.29, 0.717) is 84.3 Å². The van der Waals surface area contributed by atoms with E-state index in [2.05, 4.69) is 72.8 Å². The second kappa shape index (κ2) is 57.2. The fraction of sp³-hybridized carbons (Fsp3) is 0.475. The van der Waals surface area contributed by atoms with Crippen LogP contribution in [0.5, 0.6) is 0 Å². The molecule has 132 heavy (non-hydrogen) atoms. The summed E-state index contributed by atoms with van der Waals surface area (Å²) in [4.78, 5) is 168. The average molecular weight is 1950 g/mol. The number of allylic oxidation sites excluding steroid dienone is 4. The summed E-state index contributed by atoms with van der Waals surface area (Å²) in [5.41, 5.74) is 2.92. The number of carbonyl (C=O) groups excluding carboxylic acids is 12. The molecule has 0 spiro atoms. The molecule has 4 heterocycles. The molecule has 5 amide bonds. The van der Waals surface area contributed by atoms with E-state index in [1.165, 1.54) is 59.3 Å². The largest absolute Gasteiger partial charge is 0.359 e. The van der Waals surface area contributed by atoms with E-state index in [9.17, 15) is 57.5 Å². The van der Waals surface area contributed by atoms with Crippen molar-refractivity contribution in [3.8, 4) is 24.3 Å². The van der Waals surface area contributed by atoms with Crippen LogP contribution in [0, 0.1) is 92.7 Å². The van der Waals surface area contributed by atoms with Crippen molar-refractivity contribution >= 4 is 203 Å². The Labute approximate surface area is 809 Å². The minimum absolute atomic E-state index is 0.0138. The molecular weight excluding hydrogens is 1830 g/mol. The number of carbonyl (C=O) groups is 12. The number of hydrogen-bond donors (Lipinski definition) is 5. The summed E-state index contributed by atoms with van der Waals surface area (Å²) in [5.74, 6) is -4.20. The van der Waals surface area contributed by atoms with Crippen molar-refractivity contribution in [1.29, 1.82) is 21.0 Å². The summed E-state index contributed by atoms with van der Waals surface area (Å²) in [6, 6.07) is 27.9.